The first-order chi connectivity index (χ1) is 8.29. The summed E-state index contributed by atoms with van der Waals surface area (Å²) in [5.74, 6) is 1.51. The van der Waals surface area contributed by atoms with Crippen LogP contribution in [0.15, 0.2) is 36.8 Å². The molecule has 0 atom stereocenters. The average molecular weight is 229 g/mol. The number of rotatable bonds is 4. The topological polar surface area (TPSA) is 53.9 Å². The third-order valence-corrected chi connectivity index (χ3v) is 2.40. The first kappa shape index (κ1) is 11.3. The van der Waals surface area contributed by atoms with Gasteiger partial charge in [0.1, 0.15) is 5.82 Å². The summed E-state index contributed by atoms with van der Waals surface area (Å²) in [6.45, 7) is 0.772. The van der Waals surface area contributed by atoms with Crippen LogP contribution < -0.4 is 10.2 Å². The molecular formula is C12H15N5. The molecule has 2 rings (SSSR count). The van der Waals surface area contributed by atoms with Gasteiger partial charge >= 0.3 is 0 Å². The van der Waals surface area contributed by atoms with Crippen molar-refractivity contribution in [1.29, 1.82) is 0 Å². The van der Waals surface area contributed by atoms with Gasteiger partial charge in [0.2, 0.25) is 5.95 Å². The number of nitrogens with one attached hydrogen (secondary N) is 1. The second-order valence-electron chi connectivity index (χ2n) is 3.71. The van der Waals surface area contributed by atoms with Crippen molar-refractivity contribution in [2.75, 3.05) is 24.3 Å². The molecule has 0 saturated carbocycles. The number of anilines is 2. The Labute approximate surface area is 101 Å². The normalized spacial score (nSPS) is 10.0. The monoisotopic (exact) mass is 229 g/mol. The van der Waals surface area contributed by atoms with Crippen molar-refractivity contribution in [3.63, 3.8) is 0 Å². The van der Waals surface area contributed by atoms with Crippen molar-refractivity contribution in [1.82, 2.24) is 15.0 Å². The molecule has 1 N–H and O–H groups in total. The predicted molar refractivity (Wildman–Crippen MR) is 67.9 cm³/mol. The van der Waals surface area contributed by atoms with E-state index >= 15 is 0 Å². The molecule has 0 aromatic carbocycles. The molecule has 0 aliphatic heterocycles. The fraction of sp³-hybridized carbons (Fsp3) is 0.250. The second-order valence-corrected chi connectivity index (χ2v) is 3.71. The van der Waals surface area contributed by atoms with Gasteiger partial charge in [0.15, 0.2) is 0 Å². The van der Waals surface area contributed by atoms with E-state index in [4.69, 9.17) is 0 Å². The van der Waals surface area contributed by atoms with Gasteiger partial charge in [-0.25, -0.2) is 4.98 Å². The Balaban J connectivity index is 2.11. The highest BCUT2D eigenvalue weighted by molar-refractivity contribution is 5.42. The molecule has 2 aromatic rings. The van der Waals surface area contributed by atoms with Crippen LogP contribution in [0.5, 0.6) is 0 Å². The highest BCUT2D eigenvalue weighted by atomic mass is 15.2. The molecule has 0 aliphatic rings. The zero-order valence-electron chi connectivity index (χ0n) is 9.96. The lowest BCUT2D eigenvalue weighted by molar-refractivity contribution is 0.886. The smallest absolute Gasteiger partial charge is 0.224 e. The summed E-state index contributed by atoms with van der Waals surface area (Å²) in [7, 11) is 3.80. The van der Waals surface area contributed by atoms with Crippen molar-refractivity contribution in [2.45, 2.75) is 6.54 Å². The third-order valence-electron chi connectivity index (χ3n) is 2.40. The number of aromatic nitrogens is 3. The van der Waals surface area contributed by atoms with Crippen LogP contribution in [-0.4, -0.2) is 29.0 Å². The first-order valence-electron chi connectivity index (χ1n) is 5.40. The second kappa shape index (κ2) is 5.25. The van der Waals surface area contributed by atoms with Crippen molar-refractivity contribution in [2.24, 2.45) is 0 Å². The molecule has 5 nitrogen and oxygen atoms in total. The summed E-state index contributed by atoms with van der Waals surface area (Å²) in [6.07, 6.45) is 5.37. The molecule has 0 saturated heterocycles. The maximum absolute atomic E-state index is 4.37. The van der Waals surface area contributed by atoms with Crippen LogP contribution >= 0.6 is 0 Å². The third kappa shape index (κ3) is 2.90. The summed E-state index contributed by atoms with van der Waals surface area (Å²) in [6, 6.07) is 5.86. The van der Waals surface area contributed by atoms with Crippen LogP contribution in [-0.2, 0) is 6.54 Å². The molecule has 0 fully saturated rings. The molecule has 2 heterocycles. The van der Waals surface area contributed by atoms with Crippen LogP contribution in [0.4, 0.5) is 11.8 Å². The van der Waals surface area contributed by atoms with E-state index in [1.165, 1.54) is 0 Å². The van der Waals surface area contributed by atoms with Crippen LogP contribution in [0.25, 0.3) is 0 Å². The Bertz CT molecular complexity index is 471. The quantitative estimate of drug-likeness (QED) is 0.862. The van der Waals surface area contributed by atoms with Gasteiger partial charge in [-0.1, -0.05) is 6.07 Å². The summed E-state index contributed by atoms with van der Waals surface area (Å²) >= 11 is 0. The Morgan fingerprint density at radius 2 is 2.18 bits per heavy atom. The van der Waals surface area contributed by atoms with E-state index in [-0.39, 0.29) is 0 Å². The standard InChI is InChI=1S/C12H15N5/c1-13-12-15-7-5-11(16-12)17(2)9-10-4-3-6-14-8-10/h3-8H,9H2,1-2H3,(H,13,15,16). The lowest BCUT2D eigenvalue weighted by Gasteiger charge is -2.18. The Hall–Kier alpha value is -2.17. The van der Waals surface area contributed by atoms with Gasteiger partial charge in [-0.3, -0.25) is 4.98 Å². The van der Waals surface area contributed by atoms with E-state index < -0.39 is 0 Å². The van der Waals surface area contributed by atoms with Gasteiger partial charge in [0.25, 0.3) is 0 Å². The molecule has 0 unspecified atom stereocenters. The van der Waals surface area contributed by atoms with Gasteiger partial charge in [-0.2, -0.15) is 4.98 Å². The van der Waals surface area contributed by atoms with Crippen molar-refractivity contribution >= 4 is 11.8 Å². The lowest BCUT2D eigenvalue weighted by atomic mass is 10.3. The number of pyridine rings is 1. The van der Waals surface area contributed by atoms with Crippen LogP contribution in [0, 0.1) is 0 Å². The molecule has 0 amide bonds. The molecule has 5 heteroatoms. The molecule has 17 heavy (non-hydrogen) atoms. The Morgan fingerprint density at radius 3 is 2.88 bits per heavy atom. The minimum Gasteiger partial charge on any atom is -0.357 e. The predicted octanol–water partition coefficient (Wildman–Crippen LogP) is 1.55. The van der Waals surface area contributed by atoms with Gasteiger partial charge in [0.05, 0.1) is 0 Å². The van der Waals surface area contributed by atoms with Gasteiger partial charge in [-0.15, -0.1) is 0 Å². The van der Waals surface area contributed by atoms with E-state index in [1.54, 1.807) is 19.4 Å². The Morgan fingerprint density at radius 1 is 1.29 bits per heavy atom. The van der Waals surface area contributed by atoms with Crippen LogP contribution in [0.1, 0.15) is 5.56 Å². The molecule has 0 bridgehead atoms. The van der Waals surface area contributed by atoms with Crippen molar-refractivity contribution < 1.29 is 0 Å². The SMILES string of the molecule is CNc1nccc(N(C)Cc2cccnc2)n1. The van der Waals surface area contributed by atoms with Gasteiger partial charge < -0.3 is 10.2 Å². The number of nitrogens with zero attached hydrogens (tertiary/aromatic N) is 4. The maximum Gasteiger partial charge on any atom is 0.224 e. The molecule has 0 radical (unpaired) electrons. The number of hydrogen-bond acceptors (Lipinski definition) is 5. The average Bonchev–Trinajstić information content (AvgIpc) is 2.40. The van der Waals surface area contributed by atoms with E-state index in [9.17, 15) is 0 Å². The maximum atomic E-state index is 4.37. The fourth-order valence-corrected chi connectivity index (χ4v) is 1.53. The van der Waals surface area contributed by atoms with Crippen molar-refractivity contribution in [3.05, 3.63) is 42.4 Å². The molecule has 0 aliphatic carbocycles. The largest absolute Gasteiger partial charge is 0.357 e. The molecular weight excluding hydrogens is 214 g/mol. The lowest BCUT2D eigenvalue weighted by Crippen LogP contribution is -2.18. The summed E-state index contributed by atoms with van der Waals surface area (Å²) in [4.78, 5) is 14.6. The van der Waals surface area contributed by atoms with Gasteiger partial charge in [0, 0.05) is 39.2 Å². The fourth-order valence-electron chi connectivity index (χ4n) is 1.53. The zero-order valence-corrected chi connectivity index (χ0v) is 9.96. The van der Waals surface area contributed by atoms with E-state index in [0.717, 1.165) is 17.9 Å². The van der Waals surface area contributed by atoms with Crippen LogP contribution in [0.2, 0.25) is 0 Å². The van der Waals surface area contributed by atoms with Crippen LogP contribution in [0.3, 0.4) is 0 Å². The minimum absolute atomic E-state index is 0.625. The molecule has 88 valence electrons. The Kier molecular flexibility index (Phi) is 3.49. The summed E-state index contributed by atoms with van der Waals surface area (Å²) < 4.78 is 0. The zero-order chi connectivity index (χ0) is 12.1. The summed E-state index contributed by atoms with van der Waals surface area (Å²) in [5.41, 5.74) is 1.15. The highest BCUT2D eigenvalue weighted by Crippen LogP contribution is 2.12. The molecule has 0 spiro atoms. The van der Waals surface area contributed by atoms with Gasteiger partial charge in [-0.05, 0) is 17.7 Å². The highest BCUT2D eigenvalue weighted by Gasteiger charge is 2.04. The van der Waals surface area contributed by atoms with E-state index in [1.807, 2.05) is 31.4 Å². The van der Waals surface area contributed by atoms with Crippen molar-refractivity contribution in [3.8, 4) is 0 Å². The number of hydrogen-bond donors (Lipinski definition) is 1. The minimum atomic E-state index is 0.625. The molecule has 2 aromatic heterocycles. The summed E-state index contributed by atoms with van der Waals surface area (Å²) in [5, 5.41) is 2.92. The van der Waals surface area contributed by atoms with E-state index in [0.29, 0.717) is 5.95 Å². The van der Waals surface area contributed by atoms with E-state index in [2.05, 4.69) is 25.2 Å². The first-order valence-corrected chi connectivity index (χ1v) is 5.40.